The molecule has 1 aromatic heterocycles. The van der Waals surface area contributed by atoms with Gasteiger partial charge in [0.15, 0.2) is 12.4 Å². The van der Waals surface area contributed by atoms with E-state index in [1.165, 1.54) is 0 Å². The predicted molar refractivity (Wildman–Crippen MR) is 142 cm³/mol. The van der Waals surface area contributed by atoms with Crippen LogP contribution in [0, 0.1) is 6.92 Å². The lowest BCUT2D eigenvalue weighted by atomic mass is 10.1. The molecule has 0 N–H and O–H groups in total. The molecule has 0 spiro atoms. The lowest BCUT2D eigenvalue weighted by Crippen LogP contribution is -2.34. The Hall–Kier alpha value is -3.83. The first kappa shape index (κ1) is 23.9. The van der Waals surface area contributed by atoms with Crippen molar-refractivity contribution in [3.8, 4) is 5.75 Å². The van der Waals surface area contributed by atoms with E-state index in [4.69, 9.17) is 16.3 Å². The lowest BCUT2D eigenvalue weighted by Gasteiger charge is -2.23. The van der Waals surface area contributed by atoms with E-state index >= 15 is 0 Å². The van der Waals surface area contributed by atoms with Gasteiger partial charge in [-0.3, -0.25) is 9.59 Å². The number of ketones is 1. The molecular formula is C30H27ClN2O3. The molecule has 1 aliphatic rings. The number of amides is 1. The van der Waals surface area contributed by atoms with Gasteiger partial charge < -0.3 is 14.2 Å². The van der Waals surface area contributed by atoms with Crippen LogP contribution in [-0.2, 0) is 24.3 Å². The number of aromatic nitrogens is 1. The summed E-state index contributed by atoms with van der Waals surface area (Å²) in [4.78, 5) is 28.3. The van der Waals surface area contributed by atoms with E-state index in [1.807, 2.05) is 84.3 Å². The van der Waals surface area contributed by atoms with Gasteiger partial charge in [-0.15, -0.1) is 0 Å². The standard InChI is InChI=1S/C30H27ClN2O3/c1-21-17-24(31)12-16-29(21)36-20-30(35)33-19-25-13-14-27(28(34)15-11-22-7-3-2-4-8-22)32(25)18-23-9-5-6-10-26(23)33/h2-10,12-14,16-17H,11,15,18-20H2,1H3. The smallest absolute Gasteiger partial charge is 0.265 e. The third-order valence-corrected chi connectivity index (χ3v) is 6.80. The molecule has 0 bridgehead atoms. The van der Waals surface area contributed by atoms with Crippen LogP contribution >= 0.6 is 11.6 Å². The summed E-state index contributed by atoms with van der Waals surface area (Å²) >= 11 is 6.04. The first-order valence-corrected chi connectivity index (χ1v) is 12.4. The highest BCUT2D eigenvalue weighted by atomic mass is 35.5. The third kappa shape index (κ3) is 5.07. The highest BCUT2D eigenvalue weighted by Gasteiger charge is 2.26. The van der Waals surface area contributed by atoms with Crippen LogP contribution < -0.4 is 9.64 Å². The minimum Gasteiger partial charge on any atom is -0.483 e. The maximum Gasteiger partial charge on any atom is 0.265 e. The van der Waals surface area contributed by atoms with Crippen LogP contribution in [0.3, 0.4) is 0 Å². The van der Waals surface area contributed by atoms with E-state index in [1.54, 1.807) is 17.0 Å². The van der Waals surface area contributed by atoms with Crippen molar-refractivity contribution in [1.29, 1.82) is 0 Å². The van der Waals surface area contributed by atoms with Crippen molar-refractivity contribution in [1.82, 2.24) is 4.57 Å². The molecule has 5 nitrogen and oxygen atoms in total. The highest BCUT2D eigenvalue weighted by molar-refractivity contribution is 6.30. The van der Waals surface area contributed by atoms with E-state index in [-0.39, 0.29) is 18.3 Å². The van der Waals surface area contributed by atoms with Crippen molar-refractivity contribution < 1.29 is 14.3 Å². The van der Waals surface area contributed by atoms with Crippen LogP contribution in [0.2, 0.25) is 5.02 Å². The molecule has 2 heterocycles. The number of carbonyl (C=O) groups excluding carboxylic acids is 2. The number of hydrogen-bond acceptors (Lipinski definition) is 3. The first-order chi connectivity index (χ1) is 17.5. The number of Topliss-reactive ketones (excluding diaryl/α,β-unsaturated/α-hetero) is 1. The summed E-state index contributed by atoms with van der Waals surface area (Å²) < 4.78 is 7.90. The summed E-state index contributed by atoms with van der Waals surface area (Å²) in [5, 5.41) is 0.627. The molecule has 36 heavy (non-hydrogen) atoms. The number of carbonyl (C=O) groups is 2. The first-order valence-electron chi connectivity index (χ1n) is 12.0. The van der Waals surface area contributed by atoms with Gasteiger partial charge >= 0.3 is 0 Å². The summed E-state index contributed by atoms with van der Waals surface area (Å²) in [6, 6.07) is 27.0. The molecule has 6 heteroatoms. The van der Waals surface area contributed by atoms with E-state index in [0.717, 1.165) is 28.1 Å². The zero-order chi connectivity index (χ0) is 25.1. The van der Waals surface area contributed by atoms with Crippen molar-refractivity contribution in [3.63, 3.8) is 0 Å². The average molecular weight is 499 g/mol. The third-order valence-electron chi connectivity index (χ3n) is 6.56. The molecule has 0 radical (unpaired) electrons. The van der Waals surface area contributed by atoms with Crippen molar-refractivity contribution >= 4 is 29.0 Å². The molecule has 0 fully saturated rings. The summed E-state index contributed by atoms with van der Waals surface area (Å²) in [7, 11) is 0. The summed E-state index contributed by atoms with van der Waals surface area (Å²) in [5.41, 5.74) is 5.44. The Morgan fingerprint density at radius 1 is 0.917 bits per heavy atom. The van der Waals surface area contributed by atoms with Gasteiger partial charge in [0.25, 0.3) is 5.91 Å². The van der Waals surface area contributed by atoms with E-state index < -0.39 is 0 Å². The van der Waals surface area contributed by atoms with Gasteiger partial charge in [0.2, 0.25) is 0 Å². The van der Waals surface area contributed by atoms with Crippen molar-refractivity contribution in [2.24, 2.45) is 0 Å². The topological polar surface area (TPSA) is 51.5 Å². The molecule has 182 valence electrons. The van der Waals surface area contributed by atoms with Gasteiger partial charge in [-0.25, -0.2) is 0 Å². The van der Waals surface area contributed by atoms with Crippen LogP contribution in [0.5, 0.6) is 5.75 Å². The highest BCUT2D eigenvalue weighted by Crippen LogP contribution is 2.30. The molecule has 3 aromatic carbocycles. The largest absolute Gasteiger partial charge is 0.483 e. The van der Waals surface area contributed by atoms with Gasteiger partial charge in [0, 0.05) is 22.8 Å². The Morgan fingerprint density at radius 3 is 2.50 bits per heavy atom. The number of fused-ring (bicyclic) bond motifs is 2. The minimum absolute atomic E-state index is 0.0968. The molecule has 1 aliphatic heterocycles. The number of anilines is 1. The Bertz CT molecular complexity index is 1410. The van der Waals surface area contributed by atoms with Gasteiger partial charge in [-0.05, 0) is 66.4 Å². The summed E-state index contributed by atoms with van der Waals surface area (Å²) in [6.07, 6.45) is 1.13. The number of hydrogen-bond donors (Lipinski definition) is 0. The number of halogens is 1. The molecule has 0 unspecified atom stereocenters. The second-order valence-corrected chi connectivity index (χ2v) is 9.45. The van der Waals surface area contributed by atoms with Crippen molar-refractivity contribution in [2.75, 3.05) is 11.5 Å². The SMILES string of the molecule is Cc1cc(Cl)ccc1OCC(=O)N1Cc2ccc(C(=O)CCc3ccccc3)n2Cc2ccccc21. The van der Waals surface area contributed by atoms with E-state index in [9.17, 15) is 9.59 Å². The zero-order valence-electron chi connectivity index (χ0n) is 20.1. The van der Waals surface area contributed by atoms with Gasteiger partial charge in [0.05, 0.1) is 18.8 Å². The maximum atomic E-state index is 13.4. The number of para-hydroxylation sites is 1. The summed E-state index contributed by atoms with van der Waals surface area (Å²) in [5.74, 6) is 0.581. The Balaban J connectivity index is 1.37. The molecular weight excluding hydrogens is 472 g/mol. The van der Waals surface area contributed by atoms with Gasteiger partial charge in [-0.2, -0.15) is 0 Å². The second kappa shape index (κ2) is 10.4. The average Bonchev–Trinajstić information content (AvgIpc) is 3.20. The fourth-order valence-electron chi connectivity index (χ4n) is 4.65. The van der Waals surface area contributed by atoms with Crippen LogP contribution in [-0.4, -0.2) is 22.9 Å². The van der Waals surface area contributed by atoms with E-state index in [2.05, 4.69) is 0 Å². The molecule has 5 rings (SSSR count). The number of ether oxygens (including phenoxy) is 1. The van der Waals surface area contributed by atoms with Crippen molar-refractivity contribution in [3.05, 3.63) is 118 Å². The summed E-state index contributed by atoms with van der Waals surface area (Å²) in [6.45, 7) is 2.70. The van der Waals surface area contributed by atoms with Crippen LogP contribution in [0.4, 0.5) is 5.69 Å². The Morgan fingerprint density at radius 2 is 1.69 bits per heavy atom. The normalized spacial score (nSPS) is 12.4. The molecule has 0 aliphatic carbocycles. The lowest BCUT2D eigenvalue weighted by molar-refractivity contribution is -0.120. The van der Waals surface area contributed by atoms with Gasteiger partial charge in [0.1, 0.15) is 5.75 Å². The van der Waals surface area contributed by atoms with E-state index in [0.29, 0.717) is 42.4 Å². The molecule has 0 saturated carbocycles. The fourth-order valence-corrected chi connectivity index (χ4v) is 4.88. The number of rotatable bonds is 7. The predicted octanol–water partition coefficient (Wildman–Crippen LogP) is 6.24. The van der Waals surface area contributed by atoms with Crippen LogP contribution in [0.25, 0.3) is 0 Å². The second-order valence-electron chi connectivity index (χ2n) is 9.01. The molecule has 0 saturated heterocycles. The maximum absolute atomic E-state index is 13.4. The molecule has 4 aromatic rings. The number of aryl methyl sites for hydroxylation is 2. The monoisotopic (exact) mass is 498 g/mol. The minimum atomic E-state index is -0.150. The van der Waals surface area contributed by atoms with Gasteiger partial charge in [-0.1, -0.05) is 60.1 Å². The molecule has 1 amide bonds. The number of nitrogens with zero attached hydrogens (tertiary/aromatic N) is 2. The molecule has 0 atom stereocenters. The zero-order valence-corrected chi connectivity index (χ0v) is 20.9. The Labute approximate surface area is 215 Å². The number of benzene rings is 3. The fraction of sp³-hybridized carbons (Fsp3) is 0.200. The van der Waals surface area contributed by atoms with Crippen molar-refractivity contribution in [2.45, 2.75) is 32.9 Å². The van der Waals surface area contributed by atoms with Crippen LogP contribution in [0.15, 0.2) is 84.9 Å². The Kier molecular flexibility index (Phi) is 6.92. The quantitative estimate of drug-likeness (QED) is 0.283. The van der Waals surface area contributed by atoms with Crippen LogP contribution in [0.1, 0.15) is 39.3 Å².